The van der Waals surface area contributed by atoms with Gasteiger partial charge in [0.05, 0.1) is 10.7 Å². The van der Waals surface area contributed by atoms with Crippen LogP contribution in [0.15, 0.2) is 45.8 Å². The third-order valence-corrected chi connectivity index (χ3v) is 5.64. The fourth-order valence-corrected chi connectivity index (χ4v) is 4.32. The minimum atomic E-state index is -3.76. The van der Waals surface area contributed by atoms with E-state index in [9.17, 15) is 8.42 Å². The smallest absolute Gasteiger partial charge is 0.263 e. The molecule has 0 aliphatic heterocycles. The summed E-state index contributed by atoms with van der Waals surface area (Å²) in [5.41, 5.74) is 7.42. The van der Waals surface area contributed by atoms with Crippen LogP contribution in [0.3, 0.4) is 0 Å². The second kappa shape index (κ2) is 6.36. The van der Waals surface area contributed by atoms with Gasteiger partial charge in [0, 0.05) is 11.0 Å². The number of rotatable bonds is 4. The van der Waals surface area contributed by atoms with Crippen molar-refractivity contribution in [2.24, 2.45) is 5.73 Å². The SMILES string of the molecule is Cc1cccc(Cl)c1NS(=O)(=O)c1cc(CN)ccc1Br. The van der Waals surface area contributed by atoms with Gasteiger partial charge in [-0.1, -0.05) is 29.8 Å². The molecule has 21 heavy (non-hydrogen) atoms. The molecule has 3 N–H and O–H groups in total. The van der Waals surface area contributed by atoms with E-state index in [2.05, 4.69) is 20.7 Å². The van der Waals surface area contributed by atoms with Crippen molar-refractivity contribution in [2.75, 3.05) is 4.72 Å². The van der Waals surface area contributed by atoms with Crippen LogP contribution in [0.4, 0.5) is 5.69 Å². The molecule has 7 heteroatoms. The Balaban J connectivity index is 2.48. The van der Waals surface area contributed by atoms with E-state index in [0.717, 1.165) is 11.1 Å². The molecule has 0 heterocycles. The fraction of sp³-hybridized carbons (Fsp3) is 0.143. The molecule has 0 aliphatic carbocycles. The van der Waals surface area contributed by atoms with Crippen LogP contribution < -0.4 is 10.5 Å². The molecule has 2 aromatic carbocycles. The van der Waals surface area contributed by atoms with Crippen LogP contribution in [0.2, 0.25) is 5.02 Å². The molecule has 0 aliphatic rings. The van der Waals surface area contributed by atoms with Gasteiger partial charge in [-0.3, -0.25) is 4.72 Å². The van der Waals surface area contributed by atoms with Gasteiger partial charge in [0.25, 0.3) is 10.0 Å². The normalized spacial score (nSPS) is 11.4. The number of nitrogens with two attached hydrogens (primary N) is 1. The predicted octanol–water partition coefficient (Wildman–Crippen LogP) is 3.67. The maximum Gasteiger partial charge on any atom is 0.263 e. The lowest BCUT2D eigenvalue weighted by molar-refractivity contribution is 0.600. The van der Waals surface area contributed by atoms with Crippen molar-refractivity contribution in [2.45, 2.75) is 18.4 Å². The van der Waals surface area contributed by atoms with Gasteiger partial charge < -0.3 is 5.73 Å². The average molecular weight is 390 g/mol. The molecule has 0 spiro atoms. The number of para-hydroxylation sites is 1. The van der Waals surface area contributed by atoms with Crippen LogP contribution in [0.5, 0.6) is 0 Å². The number of aryl methyl sites for hydroxylation is 1. The Morgan fingerprint density at radius 2 is 2.00 bits per heavy atom. The van der Waals surface area contributed by atoms with Crippen LogP contribution in [-0.2, 0) is 16.6 Å². The summed E-state index contributed by atoms with van der Waals surface area (Å²) in [6.45, 7) is 2.05. The summed E-state index contributed by atoms with van der Waals surface area (Å²) < 4.78 is 28.1. The van der Waals surface area contributed by atoms with Gasteiger partial charge in [0.2, 0.25) is 0 Å². The third-order valence-electron chi connectivity index (χ3n) is 2.98. The summed E-state index contributed by atoms with van der Waals surface area (Å²) in [7, 11) is -3.76. The standard InChI is InChI=1S/C14H14BrClN2O2S/c1-9-3-2-4-12(16)14(9)18-21(19,20)13-7-10(8-17)5-6-11(13)15/h2-7,18H,8,17H2,1H3. The number of nitrogens with one attached hydrogen (secondary N) is 1. The van der Waals surface area contributed by atoms with E-state index in [1.54, 1.807) is 43.3 Å². The average Bonchev–Trinajstić information content (AvgIpc) is 2.43. The number of hydrogen-bond acceptors (Lipinski definition) is 3. The van der Waals surface area contributed by atoms with Crippen molar-refractivity contribution < 1.29 is 8.42 Å². The number of halogens is 2. The first kappa shape index (κ1) is 16.3. The Bertz CT molecular complexity index is 758. The van der Waals surface area contributed by atoms with Crippen molar-refractivity contribution >= 4 is 43.2 Å². The van der Waals surface area contributed by atoms with Crippen LogP contribution >= 0.6 is 27.5 Å². The van der Waals surface area contributed by atoms with Gasteiger partial charge in [-0.05, 0) is 52.2 Å². The second-order valence-corrected chi connectivity index (χ2v) is 7.42. The zero-order chi connectivity index (χ0) is 15.6. The lowest BCUT2D eigenvalue weighted by Crippen LogP contribution is -2.15. The first-order valence-electron chi connectivity index (χ1n) is 6.11. The number of anilines is 1. The quantitative estimate of drug-likeness (QED) is 0.838. The van der Waals surface area contributed by atoms with Crippen molar-refractivity contribution in [1.82, 2.24) is 0 Å². The molecule has 0 radical (unpaired) electrons. The van der Waals surface area contributed by atoms with Gasteiger partial charge in [-0.15, -0.1) is 0 Å². The van der Waals surface area contributed by atoms with Crippen molar-refractivity contribution in [3.63, 3.8) is 0 Å². The summed E-state index contributed by atoms with van der Waals surface area (Å²) >= 11 is 9.32. The largest absolute Gasteiger partial charge is 0.326 e. The first-order chi connectivity index (χ1) is 9.85. The Labute approximate surface area is 137 Å². The lowest BCUT2D eigenvalue weighted by atomic mass is 10.2. The predicted molar refractivity (Wildman–Crippen MR) is 89.0 cm³/mol. The Morgan fingerprint density at radius 3 is 2.62 bits per heavy atom. The van der Waals surface area contributed by atoms with Gasteiger partial charge in [-0.2, -0.15) is 0 Å². The molecule has 0 unspecified atom stereocenters. The number of benzene rings is 2. The van der Waals surface area contributed by atoms with E-state index in [1.807, 2.05) is 0 Å². The van der Waals surface area contributed by atoms with Crippen LogP contribution in [0.25, 0.3) is 0 Å². The van der Waals surface area contributed by atoms with Crippen molar-refractivity contribution in [3.8, 4) is 0 Å². The molecule has 0 aromatic heterocycles. The van der Waals surface area contributed by atoms with E-state index in [4.69, 9.17) is 17.3 Å². The molecule has 0 atom stereocenters. The summed E-state index contributed by atoms with van der Waals surface area (Å²) in [6, 6.07) is 10.2. The number of sulfonamides is 1. The molecule has 0 fully saturated rings. The van der Waals surface area contributed by atoms with Crippen molar-refractivity contribution in [1.29, 1.82) is 0 Å². The summed E-state index contributed by atoms with van der Waals surface area (Å²) in [5, 5.41) is 0.352. The maximum absolute atomic E-state index is 12.6. The highest BCUT2D eigenvalue weighted by molar-refractivity contribution is 9.10. The molecule has 4 nitrogen and oxygen atoms in total. The molecule has 0 bridgehead atoms. The number of hydrogen-bond donors (Lipinski definition) is 2. The zero-order valence-electron chi connectivity index (χ0n) is 11.2. The third kappa shape index (κ3) is 3.58. The molecule has 0 saturated carbocycles. The minimum absolute atomic E-state index is 0.129. The molecule has 2 aromatic rings. The molecule has 0 amide bonds. The van der Waals surface area contributed by atoms with E-state index in [1.165, 1.54) is 0 Å². The molecule has 2 rings (SSSR count). The van der Waals surface area contributed by atoms with Crippen LogP contribution in [0, 0.1) is 6.92 Å². The van der Waals surface area contributed by atoms with Gasteiger partial charge in [0.1, 0.15) is 4.90 Å². The highest BCUT2D eigenvalue weighted by atomic mass is 79.9. The van der Waals surface area contributed by atoms with E-state index >= 15 is 0 Å². The Morgan fingerprint density at radius 1 is 1.29 bits per heavy atom. The second-order valence-electron chi connectivity index (χ2n) is 4.51. The Hall–Kier alpha value is -1.08. The van der Waals surface area contributed by atoms with E-state index < -0.39 is 10.0 Å². The van der Waals surface area contributed by atoms with Gasteiger partial charge >= 0.3 is 0 Å². The molecular weight excluding hydrogens is 376 g/mol. The van der Waals surface area contributed by atoms with E-state index in [-0.39, 0.29) is 11.4 Å². The molecule has 0 saturated heterocycles. The van der Waals surface area contributed by atoms with Gasteiger partial charge in [-0.25, -0.2) is 8.42 Å². The zero-order valence-corrected chi connectivity index (χ0v) is 14.4. The maximum atomic E-state index is 12.6. The topological polar surface area (TPSA) is 72.2 Å². The monoisotopic (exact) mass is 388 g/mol. The lowest BCUT2D eigenvalue weighted by Gasteiger charge is -2.14. The van der Waals surface area contributed by atoms with E-state index in [0.29, 0.717) is 15.2 Å². The van der Waals surface area contributed by atoms with Crippen LogP contribution in [-0.4, -0.2) is 8.42 Å². The summed E-state index contributed by atoms with van der Waals surface area (Å²) in [6.07, 6.45) is 0. The molecule has 112 valence electrons. The fourth-order valence-electron chi connectivity index (χ4n) is 1.83. The minimum Gasteiger partial charge on any atom is -0.326 e. The van der Waals surface area contributed by atoms with Gasteiger partial charge in [0.15, 0.2) is 0 Å². The highest BCUT2D eigenvalue weighted by Gasteiger charge is 2.20. The molecular formula is C14H14BrClN2O2S. The summed E-state index contributed by atoms with van der Waals surface area (Å²) in [5.74, 6) is 0. The highest BCUT2D eigenvalue weighted by Crippen LogP contribution is 2.30. The Kier molecular flexibility index (Phi) is 4.93. The van der Waals surface area contributed by atoms with Crippen molar-refractivity contribution in [3.05, 3.63) is 57.0 Å². The first-order valence-corrected chi connectivity index (χ1v) is 8.77. The van der Waals surface area contributed by atoms with Crippen LogP contribution in [0.1, 0.15) is 11.1 Å². The summed E-state index contributed by atoms with van der Waals surface area (Å²) in [4.78, 5) is 0.129.